The van der Waals surface area contributed by atoms with Gasteiger partial charge in [-0.15, -0.1) is 0 Å². The molecule has 0 bridgehead atoms. The van der Waals surface area contributed by atoms with Crippen molar-refractivity contribution in [3.05, 3.63) is 0 Å². The third-order valence-electron chi connectivity index (χ3n) is 4.41. The number of piperidine rings is 2. The molecule has 0 saturated carbocycles. The number of nitrogens with one attached hydrogen (secondary N) is 2. The third kappa shape index (κ3) is 5.38. The van der Waals surface area contributed by atoms with Crippen LogP contribution in [0.3, 0.4) is 0 Å². The van der Waals surface area contributed by atoms with Gasteiger partial charge in [0, 0.05) is 33.1 Å². The van der Waals surface area contributed by atoms with Gasteiger partial charge in [-0.05, 0) is 44.7 Å². The smallest absolute Gasteiger partial charge is 0.222 e. The molecule has 2 aliphatic heterocycles. The minimum absolute atomic E-state index is 0.0623. The van der Waals surface area contributed by atoms with Crippen molar-refractivity contribution in [2.24, 2.45) is 5.92 Å². The maximum atomic E-state index is 11.1. The van der Waals surface area contributed by atoms with Gasteiger partial charge in [0.1, 0.15) is 0 Å². The second-order valence-corrected chi connectivity index (χ2v) is 6.01. The lowest BCUT2D eigenvalue weighted by atomic mass is 9.97. The van der Waals surface area contributed by atoms with Gasteiger partial charge < -0.3 is 20.3 Å². The van der Waals surface area contributed by atoms with E-state index >= 15 is 0 Å². The molecule has 2 rings (SSSR count). The van der Waals surface area contributed by atoms with Crippen molar-refractivity contribution in [1.29, 1.82) is 0 Å². The van der Waals surface area contributed by atoms with E-state index in [0.29, 0.717) is 19.1 Å². The van der Waals surface area contributed by atoms with Crippen molar-refractivity contribution in [2.75, 3.05) is 46.4 Å². The molecule has 1 atom stereocenters. The van der Waals surface area contributed by atoms with E-state index < -0.39 is 0 Å². The Morgan fingerprint density at radius 3 is 2.80 bits per heavy atom. The van der Waals surface area contributed by atoms with Gasteiger partial charge in [-0.25, -0.2) is 0 Å². The zero-order valence-electron chi connectivity index (χ0n) is 12.7. The van der Waals surface area contributed by atoms with Crippen LogP contribution < -0.4 is 10.6 Å². The summed E-state index contributed by atoms with van der Waals surface area (Å²) in [7, 11) is 1.67. The van der Waals surface area contributed by atoms with E-state index in [-0.39, 0.29) is 5.91 Å². The molecule has 2 N–H and O–H groups in total. The van der Waals surface area contributed by atoms with Crippen molar-refractivity contribution < 1.29 is 9.53 Å². The Morgan fingerprint density at radius 1 is 1.35 bits per heavy atom. The zero-order chi connectivity index (χ0) is 14.2. The first kappa shape index (κ1) is 15.7. The monoisotopic (exact) mass is 283 g/mol. The molecule has 0 radical (unpaired) electrons. The van der Waals surface area contributed by atoms with Crippen molar-refractivity contribution in [3.63, 3.8) is 0 Å². The number of rotatable bonds is 6. The van der Waals surface area contributed by atoms with Gasteiger partial charge in [0.25, 0.3) is 0 Å². The molecule has 2 heterocycles. The highest BCUT2D eigenvalue weighted by atomic mass is 16.5. The van der Waals surface area contributed by atoms with Crippen molar-refractivity contribution in [3.8, 4) is 0 Å². The highest BCUT2D eigenvalue weighted by Crippen LogP contribution is 2.18. The summed E-state index contributed by atoms with van der Waals surface area (Å²) >= 11 is 0. The van der Waals surface area contributed by atoms with Crippen molar-refractivity contribution >= 4 is 5.91 Å². The van der Waals surface area contributed by atoms with Gasteiger partial charge in [-0.3, -0.25) is 4.79 Å². The fourth-order valence-electron chi connectivity index (χ4n) is 3.15. The van der Waals surface area contributed by atoms with Crippen molar-refractivity contribution in [1.82, 2.24) is 15.5 Å². The van der Waals surface area contributed by atoms with Gasteiger partial charge in [0.15, 0.2) is 0 Å². The first-order valence-electron chi connectivity index (χ1n) is 8.03. The van der Waals surface area contributed by atoms with Gasteiger partial charge in [0.2, 0.25) is 5.91 Å². The molecule has 0 aromatic rings. The van der Waals surface area contributed by atoms with Gasteiger partial charge in [-0.2, -0.15) is 0 Å². The summed E-state index contributed by atoms with van der Waals surface area (Å²) in [6.45, 7) is 6.44. The van der Waals surface area contributed by atoms with Crippen LogP contribution in [0.2, 0.25) is 0 Å². The van der Waals surface area contributed by atoms with Crippen LogP contribution in [0.15, 0.2) is 0 Å². The molecule has 2 aliphatic rings. The van der Waals surface area contributed by atoms with Crippen LogP contribution in [0.25, 0.3) is 0 Å². The molecule has 5 nitrogen and oxygen atoms in total. The van der Waals surface area contributed by atoms with Crippen LogP contribution in [0.1, 0.15) is 32.1 Å². The summed E-state index contributed by atoms with van der Waals surface area (Å²) in [4.78, 5) is 13.7. The lowest BCUT2D eigenvalue weighted by Crippen LogP contribution is -2.43. The summed E-state index contributed by atoms with van der Waals surface area (Å²) in [6.07, 6.45) is 5.73. The Hall–Kier alpha value is -0.650. The minimum Gasteiger partial charge on any atom is -0.378 e. The molecule has 2 fully saturated rings. The molecule has 1 unspecified atom stereocenters. The molecule has 0 aromatic carbocycles. The number of hydrogen-bond acceptors (Lipinski definition) is 4. The third-order valence-corrected chi connectivity index (χ3v) is 4.41. The standard InChI is InChI=1S/C15H29N3O2/c1-16-15(19)6-10-20-14-4-8-18(9-5-14)12-13-3-2-7-17-11-13/h13-14,17H,2-12H2,1H3,(H,16,19). The van der Waals surface area contributed by atoms with Crippen LogP contribution >= 0.6 is 0 Å². The van der Waals surface area contributed by atoms with E-state index in [9.17, 15) is 4.79 Å². The largest absolute Gasteiger partial charge is 0.378 e. The number of carbonyl (C=O) groups is 1. The average Bonchev–Trinajstić information content (AvgIpc) is 2.50. The van der Waals surface area contributed by atoms with E-state index in [1.165, 1.54) is 32.5 Å². The molecular formula is C15H29N3O2. The first-order chi connectivity index (χ1) is 9.78. The summed E-state index contributed by atoms with van der Waals surface area (Å²) < 4.78 is 5.79. The predicted molar refractivity (Wildman–Crippen MR) is 79.7 cm³/mol. The summed E-state index contributed by atoms with van der Waals surface area (Å²) in [6, 6.07) is 0. The summed E-state index contributed by atoms with van der Waals surface area (Å²) in [5, 5.41) is 6.11. The number of carbonyl (C=O) groups excluding carboxylic acids is 1. The van der Waals surface area contributed by atoms with E-state index in [1.54, 1.807) is 7.05 Å². The molecule has 1 amide bonds. The normalized spacial score (nSPS) is 25.6. The quantitative estimate of drug-likeness (QED) is 0.750. The average molecular weight is 283 g/mol. The van der Waals surface area contributed by atoms with Crippen LogP contribution in [0, 0.1) is 5.92 Å². The maximum absolute atomic E-state index is 11.1. The number of ether oxygens (including phenoxy) is 1. The lowest BCUT2D eigenvalue weighted by molar-refractivity contribution is -0.122. The SMILES string of the molecule is CNC(=O)CCOC1CCN(CC2CCCNC2)CC1. The van der Waals surface area contributed by atoms with Crippen molar-refractivity contribution in [2.45, 2.75) is 38.2 Å². The minimum atomic E-state index is 0.0623. The molecule has 116 valence electrons. The van der Waals surface area contributed by atoms with Crippen LogP contribution in [0.4, 0.5) is 0 Å². The topological polar surface area (TPSA) is 53.6 Å². The van der Waals surface area contributed by atoms with E-state index in [1.807, 2.05) is 0 Å². The first-order valence-corrected chi connectivity index (χ1v) is 8.03. The highest BCUT2D eigenvalue weighted by Gasteiger charge is 2.23. The van der Waals surface area contributed by atoms with Gasteiger partial charge in [-0.1, -0.05) is 0 Å². The summed E-state index contributed by atoms with van der Waals surface area (Å²) in [5.74, 6) is 0.890. The second-order valence-electron chi connectivity index (χ2n) is 6.01. The molecule has 0 spiro atoms. The Kier molecular flexibility index (Phi) is 6.76. The van der Waals surface area contributed by atoms with Gasteiger partial charge in [0.05, 0.1) is 12.7 Å². The number of amides is 1. The van der Waals surface area contributed by atoms with Crippen LogP contribution in [0.5, 0.6) is 0 Å². The lowest BCUT2D eigenvalue weighted by Gasteiger charge is -2.35. The Morgan fingerprint density at radius 2 is 2.15 bits per heavy atom. The number of likely N-dealkylation sites (tertiary alicyclic amines) is 1. The molecule has 0 aliphatic carbocycles. The van der Waals surface area contributed by atoms with E-state index in [4.69, 9.17) is 4.74 Å². The predicted octanol–water partition coefficient (Wildman–Crippen LogP) is 0.603. The molecule has 20 heavy (non-hydrogen) atoms. The Bertz CT molecular complexity index is 285. The van der Waals surface area contributed by atoms with Crippen LogP contribution in [-0.2, 0) is 9.53 Å². The molecule has 2 saturated heterocycles. The molecule has 5 heteroatoms. The molecular weight excluding hydrogens is 254 g/mol. The van der Waals surface area contributed by atoms with E-state index in [2.05, 4.69) is 15.5 Å². The highest BCUT2D eigenvalue weighted by molar-refractivity contribution is 5.75. The Balaban J connectivity index is 1.56. The zero-order valence-corrected chi connectivity index (χ0v) is 12.7. The van der Waals surface area contributed by atoms with Crippen LogP contribution in [-0.4, -0.2) is 63.3 Å². The molecule has 0 aromatic heterocycles. The summed E-state index contributed by atoms with van der Waals surface area (Å²) in [5.41, 5.74) is 0. The fourth-order valence-corrected chi connectivity index (χ4v) is 3.15. The van der Waals surface area contributed by atoms with Gasteiger partial charge >= 0.3 is 0 Å². The fraction of sp³-hybridized carbons (Fsp3) is 0.933. The maximum Gasteiger partial charge on any atom is 0.222 e. The second kappa shape index (κ2) is 8.60. The Labute approximate surface area is 122 Å². The van der Waals surface area contributed by atoms with E-state index in [0.717, 1.165) is 31.8 Å². The number of nitrogens with zero attached hydrogens (tertiary/aromatic N) is 1. The number of hydrogen-bond donors (Lipinski definition) is 2.